The van der Waals surface area contributed by atoms with E-state index in [1.807, 2.05) is 0 Å². The maximum absolute atomic E-state index is 12.4. The third kappa shape index (κ3) is 5.01. The van der Waals surface area contributed by atoms with Gasteiger partial charge in [-0.2, -0.15) is 0 Å². The first-order chi connectivity index (χ1) is 12.9. The Morgan fingerprint density at radius 2 is 1.74 bits per heavy atom. The van der Waals surface area contributed by atoms with Gasteiger partial charge in [-0.25, -0.2) is 0 Å². The number of anilines is 1. The van der Waals surface area contributed by atoms with E-state index in [0.29, 0.717) is 32.5 Å². The number of carbonyl (C=O) groups excluding carboxylic acids is 1. The van der Waals surface area contributed by atoms with E-state index in [4.69, 9.17) is 34.8 Å². The lowest BCUT2D eigenvalue weighted by atomic mass is 10.1. The molecule has 1 amide bonds. The molecule has 7 heteroatoms. The van der Waals surface area contributed by atoms with Crippen molar-refractivity contribution in [3.63, 3.8) is 0 Å². The summed E-state index contributed by atoms with van der Waals surface area (Å²) in [6.45, 7) is 0. The molecule has 0 aliphatic heterocycles. The van der Waals surface area contributed by atoms with Crippen molar-refractivity contribution in [1.29, 1.82) is 0 Å². The average Bonchev–Trinajstić information content (AvgIpc) is 2.63. The first-order valence-electron chi connectivity index (χ1n) is 7.81. The summed E-state index contributed by atoms with van der Waals surface area (Å²) in [6.07, 6.45) is 1.43. The van der Waals surface area contributed by atoms with Crippen LogP contribution < -0.4 is 5.32 Å². The molecule has 0 bridgehead atoms. The quantitative estimate of drug-likeness (QED) is 0.484. The number of nitrogens with one attached hydrogen (secondary N) is 1. The van der Waals surface area contributed by atoms with E-state index in [2.05, 4.69) is 10.3 Å². The van der Waals surface area contributed by atoms with Crippen molar-refractivity contribution in [1.82, 2.24) is 0 Å². The lowest BCUT2D eigenvalue weighted by molar-refractivity contribution is 0.102. The first-order valence-corrected chi connectivity index (χ1v) is 8.95. The smallest absolute Gasteiger partial charge is 0.255 e. The Kier molecular flexibility index (Phi) is 6.01. The summed E-state index contributed by atoms with van der Waals surface area (Å²) in [6, 6.07) is 16.6. The number of aromatic hydroxyl groups is 1. The summed E-state index contributed by atoms with van der Waals surface area (Å²) in [7, 11) is 0. The molecule has 0 fully saturated rings. The number of rotatable bonds is 4. The lowest BCUT2D eigenvalue weighted by Crippen LogP contribution is -2.11. The van der Waals surface area contributed by atoms with Crippen LogP contribution in [0.5, 0.6) is 5.75 Å². The molecule has 0 spiro atoms. The van der Waals surface area contributed by atoms with Crippen molar-refractivity contribution < 1.29 is 9.90 Å². The molecule has 0 saturated carbocycles. The SMILES string of the molecule is O=C(Nc1cccc(Cl)c1)c1cccc(N=Cc2cc(Cl)cc(Cl)c2O)c1. The summed E-state index contributed by atoms with van der Waals surface area (Å²) < 4.78 is 0. The minimum atomic E-state index is -0.289. The second-order valence-corrected chi connectivity index (χ2v) is 6.88. The number of benzene rings is 3. The van der Waals surface area contributed by atoms with Crippen LogP contribution in [-0.2, 0) is 0 Å². The van der Waals surface area contributed by atoms with E-state index in [-0.39, 0.29) is 16.7 Å². The van der Waals surface area contributed by atoms with Crippen molar-refractivity contribution in [3.05, 3.63) is 86.9 Å². The molecule has 136 valence electrons. The molecular weight excluding hydrogens is 407 g/mol. The third-order valence-corrected chi connectivity index (χ3v) is 4.34. The van der Waals surface area contributed by atoms with Crippen molar-refractivity contribution in [2.24, 2.45) is 4.99 Å². The van der Waals surface area contributed by atoms with E-state index >= 15 is 0 Å². The van der Waals surface area contributed by atoms with Gasteiger partial charge in [0.25, 0.3) is 5.91 Å². The van der Waals surface area contributed by atoms with Gasteiger partial charge in [0.2, 0.25) is 0 Å². The molecule has 0 aliphatic rings. The largest absolute Gasteiger partial charge is 0.506 e. The summed E-state index contributed by atoms with van der Waals surface area (Å²) in [5.41, 5.74) is 1.93. The van der Waals surface area contributed by atoms with Gasteiger partial charge in [-0.05, 0) is 48.5 Å². The van der Waals surface area contributed by atoms with Gasteiger partial charge in [0.15, 0.2) is 0 Å². The monoisotopic (exact) mass is 418 g/mol. The zero-order valence-electron chi connectivity index (χ0n) is 13.8. The van der Waals surface area contributed by atoms with Gasteiger partial charge in [-0.3, -0.25) is 9.79 Å². The maximum atomic E-state index is 12.4. The maximum Gasteiger partial charge on any atom is 0.255 e. The van der Waals surface area contributed by atoms with E-state index < -0.39 is 0 Å². The van der Waals surface area contributed by atoms with Gasteiger partial charge in [-0.1, -0.05) is 46.9 Å². The summed E-state index contributed by atoms with van der Waals surface area (Å²) >= 11 is 17.8. The van der Waals surface area contributed by atoms with Crippen LogP contribution >= 0.6 is 34.8 Å². The van der Waals surface area contributed by atoms with Crippen molar-refractivity contribution in [2.75, 3.05) is 5.32 Å². The van der Waals surface area contributed by atoms with Crippen molar-refractivity contribution in [3.8, 4) is 5.75 Å². The van der Waals surface area contributed by atoms with E-state index in [1.165, 1.54) is 12.3 Å². The van der Waals surface area contributed by atoms with Crippen LogP contribution in [-0.4, -0.2) is 17.2 Å². The van der Waals surface area contributed by atoms with Crippen LogP contribution in [0.2, 0.25) is 15.1 Å². The standard InChI is InChI=1S/C20H13Cl3N2O2/c21-14-4-2-6-17(9-14)25-20(27)12-3-1-5-16(8-12)24-11-13-7-15(22)10-18(23)19(13)26/h1-11,26H,(H,25,27). The highest BCUT2D eigenvalue weighted by atomic mass is 35.5. The van der Waals surface area contributed by atoms with Gasteiger partial charge >= 0.3 is 0 Å². The molecule has 0 unspecified atom stereocenters. The minimum Gasteiger partial charge on any atom is -0.506 e. The van der Waals surface area contributed by atoms with E-state index in [1.54, 1.807) is 54.6 Å². The number of hydrogen-bond donors (Lipinski definition) is 2. The van der Waals surface area contributed by atoms with Crippen molar-refractivity contribution in [2.45, 2.75) is 0 Å². The van der Waals surface area contributed by atoms with E-state index in [9.17, 15) is 9.90 Å². The molecule has 3 rings (SSSR count). The zero-order chi connectivity index (χ0) is 19.4. The highest BCUT2D eigenvalue weighted by Gasteiger charge is 2.08. The van der Waals surface area contributed by atoms with Gasteiger partial charge in [0.05, 0.1) is 10.7 Å². The first kappa shape index (κ1) is 19.2. The number of halogens is 3. The van der Waals surface area contributed by atoms with Gasteiger partial charge in [-0.15, -0.1) is 0 Å². The van der Waals surface area contributed by atoms with E-state index in [0.717, 1.165) is 0 Å². The van der Waals surface area contributed by atoms with Gasteiger partial charge < -0.3 is 10.4 Å². The number of carbonyl (C=O) groups is 1. The zero-order valence-corrected chi connectivity index (χ0v) is 16.1. The van der Waals surface area contributed by atoms with Gasteiger partial charge in [0, 0.05) is 33.1 Å². The van der Waals surface area contributed by atoms with Crippen LogP contribution in [0.25, 0.3) is 0 Å². The molecule has 3 aromatic carbocycles. The van der Waals surface area contributed by atoms with Crippen LogP contribution in [0.1, 0.15) is 15.9 Å². The molecule has 0 saturated heterocycles. The van der Waals surface area contributed by atoms with Crippen LogP contribution in [0.15, 0.2) is 65.7 Å². The Bertz CT molecular complexity index is 1040. The fourth-order valence-corrected chi connectivity index (χ4v) is 3.02. The average molecular weight is 420 g/mol. The fourth-order valence-electron chi connectivity index (χ4n) is 2.33. The number of hydrogen-bond acceptors (Lipinski definition) is 3. The minimum absolute atomic E-state index is 0.111. The Balaban J connectivity index is 1.80. The lowest BCUT2D eigenvalue weighted by Gasteiger charge is -2.06. The number of nitrogens with zero attached hydrogens (tertiary/aromatic N) is 1. The molecule has 0 heterocycles. The number of amides is 1. The topological polar surface area (TPSA) is 61.7 Å². The highest BCUT2D eigenvalue weighted by Crippen LogP contribution is 2.30. The fraction of sp³-hybridized carbons (Fsp3) is 0. The summed E-state index contributed by atoms with van der Waals surface area (Å²) in [5, 5.41) is 13.8. The number of aliphatic imine (C=N–C) groups is 1. The molecule has 0 aromatic heterocycles. The highest BCUT2D eigenvalue weighted by molar-refractivity contribution is 6.36. The number of phenolic OH excluding ortho intramolecular Hbond substituents is 1. The molecule has 27 heavy (non-hydrogen) atoms. The van der Waals surface area contributed by atoms with Crippen LogP contribution in [0.3, 0.4) is 0 Å². The second kappa shape index (κ2) is 8.44. The van der Waals surface area contributed by atoms with Crippen molar-refractivity contribution >= 4 is 58.3 Å². The third-order valence-electron chi connectivity index (χ3n) is 3.60. The second-order valence-electron chi connectivity index (χ2n) is 5.60. The van der Waals surface area contributed by atoms with Crippen LogP contribution in [0.4, 0.5) is 11.4 Å². The molecule has 0 radical (unpaired) electrons. The Labute approximate surface area is 171 Å². The van der Waals surface area contributed by atoms with Gasteiger partial charge in [0.1, 0.15) is 5.75 Å². The molecule has 0 aliphatic carbocycles. The molecule has 2 N–H and O–H groups in total. The number of phenols is 1. The van der Waals surface area contributed by atoms with Crippen LogP contribution in [0, 0.1) is 0 Å². The molecule has 3 aromatic rings. The molecule has 0 atom stereocenters. The summed E-state index contributed by atoms with van der Waals surface area (Å²) in [4.78, 5) is 16.7. The Morgan fingerprint density at radius 3 is 2.52 bits per heavy atom. The Hall–Kier alpha value is -2.53. The predicted molar refractivity (Wildman–Crippen MR) is 111 cm³/mol. The Morgan fingerprint density at radius 1 is 0.963 bits per heavy atom. The molecular formula is C20H13Cl3N2O2. The molecule has 4 nitrogen and oxygen atoms in total. The predicted octanol–water partition coefficient (Wildman–Crippen LogP) is 6.36. The summed E-state index contributed by atoms with van der Waals surface area (Å²) in [5.74, 6) is -0.400. The normalized spacial score (nSPS) is 10.9.